The Morgan fingerprint density at radius 1 is 1.14 bits per heavy atom. The van der Waals surface area contributed by atoms with Crippen molar-refractivity contribution in [1.29, 1.82) is 0 Å². The van der Waals surface area contributed by atoms with Crippen molar-refractivity contribution in [3.05, 3.63) is 64.7 Å². The Balaban J connectivity index is 1.46. The normalized spacial score (nSPS) is 31.9. The number of phenolic OH excluding ortho intramolecular Hbond substituents is 1. The van der Waals surface area contributed by atoms with E-state index in [4.69, 9.17) is 4.74 Å². The highest BCUT2D eigenvalue weighted by Crippen LogP contribution is 2.60. The van der Waals surface area contributed by atoms with Gasteiger partial charge in [-0.3, -0.25) is 4.79 Å². The van der Waals surface area contributed by atoms with E-state index in [1.807, 2.05) is 36.4 Å². The summed E-state index contributed by atoms with van der Waals surface area (Å²) in [4.78, 5) is 13.4. The van der Waals surface area contributed by atoms with Crippen LogP contribution in [-0.2, 0) is 11.2 Å². The SMILES string of the molecule is COc1ccc(/C=C2/CC3C4CCc5cc(O)ccc5C4CCC3(C)C2=O)cc1. The van der Waals surface area contributed by atoms with Gasteiger partial charge in [0.05, 0.1) is 7.11 Å². The smallest absolute Gasteiger partial charge is 0.165 e. The Kier molecular flexibility index (Phi) is 4.31. The Labute approximate surface area is 172 Å². The fraction of sp³-hybridized carbons (Fsp3) is 0.423. The third-order valence-corrected chi connectivity index (χ3v) is 7.81. The molecule has 0 spiro atoms. The Morgan fingerprint density at radius 3 is 2.69 bits per heavy atom. The fourth-order valence-electron chi connectivity index (χ4n) is 6.27. The van der Waals surface area contributed by atoms with Gasteiger partial charge in [-0.15, -0.1) is 0 Å². The number of ether oxygens (including phenoxy) is 1. The number of methoxy groups -OCH3 is 1. The molecule has 4 atom stereocenters. The Hall–Kier alpha value is -2.55. The van der Waals surface area contributed by atoms with Crippen LogP contribution in [-0.4, -0.2) is 18.0 Å². The minimum Gasteiger partial charge on any atom is -0.508 e. The van der Waals surface area contributed by atoms with Crippen LogP contribution in [0.3, 0.4) is 0 Å². The van der Waals surface area contributed by atoms with Gasteiger partial charge in [0, 0.05) is 5.41 Å². The summed E-state index contributed by atoms with van der Waals surface area (Å²) in [6.45, 7) is 2.21. The van der Waals surface area contributed by atoms with Gasteiger partial charge in [-0.25, -0.2) is 0 Å². The van der Waals surface area contributed by atoms with E-state index in [9.17, 15) is 9.90 Å². The minimum absolute atomic E-state index is 0.228. The van der Waals surface area contributed by atoms with Gasteiger partial charge in [0.15, 0.2) is 5.78 Å². The number of ketones is 1. The molecule has 150 valence electrons. The minimum atomic E-state index is -0.228. The molecule has 29 heavy (non-hydrogen) atoms. The topological polar surface area (TPSA) is 46.5 Å². The number of hydrogen-bond acceptors (Lipinski definition) is 3. The van der Waals surface area contributed by atoms with Crippen LogP contribution in [0.2, 0.25) is 0 Å². The molecule has 0 aromatic heterocycles. The van der Waals surface area contributed by atoms with E-state index >= 15 is 0 Å². The number of rotatable bonds is 2. The second-order valence-electron chi connectivity index (χ2n) is 9.23. The van der Waals surface area contributed by atoms with Crippen LogP contribution in [0.5, 0.6) is 11.5 Å². The van der Waals surface area contributed by atoms with Crippen LogP contribution < -0.4 is 4.74 Å². The molecule has 0 radical (unpaired) electrons. The molecule has 1 N–H and O–H groups in total. The molecular weight excluding hydrogens is 360 g/mol. The number of hydrogen-bond donors (Lipinski definition) is 1. The van der Waals surface area contributed by atoms with Gasteiger partial charge in [-0.1, -0.05) is 25.1 Å². The lowest BCUT2D eigenvalue weighted by Crippen LogP contribution is -2.42. The van der Waals surface area contributed by atoms with Crippen molar-refractivity contribution in [2.75, 3.05) is 7.11 Å². The predicted molar refractivity (Wildman–Crippen MR) is 114 cm³/mol. The lowest BCUT2D eigenvalue weighted by molar-refractivity contribution is -0.127. The average Bonchev–Trinajstić information content (AvgIpc) is 2.99. The molecule has 0 aliphatic heterocycles. The van der Waals surface area contributed by atoms with Crippen molar-refractivity contribution in [2.45, 2.75) is 44.9 Å². The predicted octanol–water partition coefficient (Wildman–Crippen LogP) is 5.52. The van der Waals surface area contributed by atoms with Crippen LogP contribution in [0.15, 0.2) is 48.0 Å². The summed E-state index contributed by atoms with van der Waals surface area (Å²) in [6, 6.07) is 13.8. The van der Waals surface area contributed by atoms with Crippen molar-refractivity contribution in [3.63, 3.8) is 0 Å². The second-order valence-corrected chi connectivity index (χ2v) is 9.23. The summed E-state index contributed by atoms with van der Waals surface area (Å²) in [5, 5.41) is 9.86. The van der Waals surface area contributed by atoms with E-state index in [0.717, 1.165) is 49.0 Å². The van der Waals surface area contributed by atoms with Crippen molar-refractivity contribution in [1.82, 2.24) is 0 Å². The first kappa shape index (κ1) is 18.5. The molecule has 2 saturated carbocycles. The molecule has 4 unspecified atom stereocenters. The fourth-order valence-corrected chi connectivity index (χ4v) is 6.27. The maximum atomic E-state index is 13.4. The highest BCUT2D eigenvalue weighted by atomic mass is 16.5. The van der Waals surface area contributed by atoms with Gasteiger partial charge in [-0.05, 0) is 102 Å². The van der Waals surface area contributed by atoms with Gasteiger partial charge in [0.25, 0.3) is 0 Å². The molecule has 2 aromatic carbocycles. The maximum absolute atomic E-state index is 13.4. The monoisotopic (exact) mass is 388 g/mol. The molecule has 3 heteroatoms. The first-order valence-corrected chi connectivity index (χ1v) is 10.7. The highest BCUT2D eigenvalue weighted by molar-refractivity contribution is 6.06. The van der Waals surface area contributed by atoms with Gasteiger partial charge >= 0.3 is 0 Å². The van der Waals surface area contributed by atoms with Gasteiger partial charge in [0.2, 0.25) is 0 Å². The zero-order valence-electron chi connectivity index (χ0n) is 17.2. The van der Waals surface area contributed by atoms with Gasteiger partial charge in [-0.2, -0.15) is 0 Å². The largest absolute Gasteiger partial charge is 0.508 e. The molecule has 0 heterocycles. The first-order valence-electron chi connectivity index (χ1n) is 10.7. The summed E-state index contributed by atoms with van der Waals surface area (Å²) in [5.74, 6) is 3.04. The molecule has 0 bridgehead atoms. The van der Waals surface area contributed by atoms with E-state index in [2.05, 4.69) is 19.1 Å². The van der Waals surface area contributed by atoms with Gasteiger partial charge < -0.3 is 9.84 Å². The van der Waals surface area contributed by atoms with Crippen LogP contribution in [0.1, 0.15) is 55.2 Å². The average molecular weight is 389 g/mol. The molecule has 3 aliphatic rings. The van der Waals surface area contributed by atoms with Crippen LogP contribution >= 0.6 is 0 Å². The quantitative estimate of drug-likeness (QED) is 0.689. The van der Waals surface area contributed by atoms with Crippen molar-refractivity contribution < 1.29 is 14.6 Å². The standard InChI is InChI=1S/C26H28O3/c1-26-12-11-22-21-10-6-19(27)14-17(21)5-9-23(22)24(26)15-18(25(26)28)13-16-3-7-20(29-2)8-4-16/h3-4,6-8,10,13-14,22-24,27H,5,9,11-12,15H2,1-2H3/b18-13-. The van der Waals surface area contributed by atoms with Crippen LogP contribution in [0.25, 0.3) is 6.08 Å². The number of Topliss-reactive ketones (excluding diaryl/α,β-unsaturated/α-hetero) is 1. The zero-order chi connectivity index (χ0) is 20.2. The Bertz CT molecular complexity index is 988. The number of benzene rings is 2. The summed E-state index contributed by atoms with van der Waals surface area (Å²) >= 11 is 0. The number of allylic oxidation sites excluding steroid dienone is 1. The van der Waals surface area contributed by atoms with E-state index in [0.29, 0.717) is 29.3 Å². The maximum Gasteiger partial charge on any atom is 0.165 e. The van der Waals surface area contributed by atoms with E-state index in [-0.39, 0.29) is 5.41 Å². The number of carbonyl (C=O) groups is 1. The number of phenols is 1. The van der Waals surface area contributed by atoms with E-state index < -0.39 is 0 Å². The summed E-state index contributed by atoms with van der Waals surface area (Å²) in [5.41, 5.74) is 4.53. The number of aryl methyl sites for hydroxylation is 1. The molecule has 0 saturated heterocycles. The van der Waals surface area contributed by atoms with Crippen LogP contribution in [0, 0.1) is 17.3 Å². The zero-order valence-corrected chi connectivity index (χ0v) is 17.2. The molecule has 2 fully saturated rings. The third kappa shape index (κ3) is 2.90. The van der Waals surface area contributed by atoms with Crippen molar-refractivity contribution in [3.8, 4) is 11.5 Å². The number of aromatic hydroxyl groups is 1. The van der Waals surface area contributed by atoms with Crippen molar-refractivity contribution >= 4 is 11.9 Å². The summed E-state index contributed by atoms with van der Waals surface area (Å²) in [6.07, 6.45) is 7.12. The number of fused-ring (bicyclic) bond motifs is 5. The van der Waals surface area contributed by atoms with Gasteiger partial charge in [0.1, 0.15) is 11.5 Å². The van der Waals surface area contributed by atoms with E-state index in [1.165, 1.54) is 11.1 Å². The number of carbonyl (C=O) groups excluding carboxylic acids is 1. The summed E-state index contributed by atoms with van der Waals surface area (Å²) in [7, 11) is 1.67. The Morgan fingerprint density at radius 2 is 1.93 bits per heavy atom. The molecule has 3 aliphatic carbocycles. The summed E-state index contributed by atoms with van der Waals surface area (Å²) < 4.78 is 5.25. The lowest BCUT2D eigenvalue weighted by atomic mass is 9.55. The molecule has 0 amide bonds. The first-order chi connectivity index (χ1) is 14.0. The van der Waals surface area contributed by atoms with E-state index in [1.54, 1.807) is 7.11 Å². The molecular formula is C26H28O3. The third-order valence-electron chi connectivity index (χ3n) is 7.81. The lowest BCUT2D eigenvalue weighted by Gasteiger charge is -2.48. The highest BCUT2D eigenvalue weighted by Gasteiger charge is 2.56. The van der Waals surface area contributed by atoms with Crippen LogP contribution in [0.4, 0.5) is 0 Å². The molecule has 5 rings (SSSR count). The molecule has 2 aromatic rings. The molecule has 3 nitrogen and oxygen atoms in total. The van der Waals surface area contributed by atoms with Crippen molar-refractivity contribution in [2.24, 2.45) is 17.3 Å². The second kappa shape index (κ2) is 6.76.